The maximum Gasteiger partial charge on any atom is 0.208 e. The van der Waals surface area contributed by atoms with Crippen LogP contribution in [0.5, 0.6) is 11.5 Å². The minimum atomic E-state index is 0.732. The van der Waals surface area contributed by atoms with E-state index >= 15 is 0 Å². The largest absolute Gasteiger partial charge is 0.457 e. The lowest BCUT2D eigenvalue weighted by atomic mass is 10.3. The Hall–Kier alpha value is -2.94. The van der Waals surface area contributed by atoms with Gasteiger partial charge in [-0.2, -0.15) is 0 Å². The molecule has 7 nitrogen and oxygen atoms in total. The Morgan fingerprint density at radius 2 is 1.79 bits per heavy atom. The molecule has 2 N–H and O–H groups in total. The quantitative estimate of drug-likeness (QED) is 0.286. The zero-order valence-corrected chi connectivity index (χ0v) is 20.9. The van der Waals surface area contributed by atoms with Crippen LogP contribution in [0.15, 0.2) is 65.3 Å². The number of fused-ring (bicyclic) bond motifs is 1. The Kier molecular flexibility index (Phi) is 7.08. The first-order valence-electron chi connectivity index (χ1n) is 11.7. The van der Waals surface area contributed by atoms with E-state index in [1.54, 1.807) is 6.20 Å². The van der Waals surface area contributed by atoms with Gasteiger partial charge in [-0.05, 0) is 68.4 Å². The third kappa shape index (κ3) is 5.58. The number of rotatable bonds is 9. The van der Waals surface area contributed by atoms with Crippen molar-refractivity contribution in [3.05, 3.63) is 71.0 Å². The molecule has 0 amide bonds. The molecule has 1 saturated heterocycles. The first kappa shape index (κ1) is 22.8. The molecule has 176 valence electrons. The van der Waals surface area contributed by atoms with Gasteiger partial charge in [0.1, 0.15) is 11.5 Å². The molecule has 0 unspecified atom stereocenters. The molecule has 8 heteroatoms. The van der Waals surface area contributed by atoms with E-state index in [-0.39, 0.29) is 0 Å². The summed E-state index contributed by atoms with van der Waals surface area (Å²) in [5, 5.41) is 6.87. The number of aromatic nitrogens is 3. The number of ether oxygens (including phenoxy) is 1. The predicted molar refractivity (Wildman–Crippen MR) is 140 cm³/mol. The Morgan fingerprint density at radius 1 is 1.00 bits per heavy atom. The van der Waals surface area contributed by atoms with Crippen molar-refractivity contribution in [2.45, 2.75) is 19.4 Å². The summed E-state index contributed by atoms with van der Waals surface area (Å²) >= 11 is 3.47. The van der Waals surface area contributed by atoms with Gasteiger partial charge >= 0.3 is 0 Å². The smallest absolute Gasteiger partial charge is 0.208 e. The highest BCUT2D eigenvalue weighted by Crippen LogP contribution is 2.28. The molecule has 0 radical (unpaired) electrons. The second-order valence-electron chi connectivity index (χ2n) is 8.59. The molecule has 0 aliphatic carbocycles. The van der Waals surface area contributed by atoms with Crippen molar-refractivity contribution in [3.63, 3.8) is 0 Å². The van der Waals surface area contributed by atoms with Gasteiger partial charge < -0.3 is 24.8 Å². The number of nitrogens with one attached hydrogen (secondary N) is 2. The van der Waals surface area contributed by atoms with Crippen LogP contribution in [-0.2, 0) is 13.6 Å². The highest BCUT2D eigenvalue weighted by molar-refractivity contribution is 9.10. The van der Waals surface area contributed by atoms with Gasteiger partial charge in [-0.1, -0.05) is 15.9 Å². The van der Waals surface area contributed by atoms with Gasteiger partial charge in [0.2, 0.25) is 5.95 Å². The standard InChI is InChI=1S/C26H29BrN6O/c1-32-25-9-8-22(17-24(25)31-26(32)30-20-6-4-19(27)5-7-20)34-23-10-11-29-21(16-23)18-28-12-15-33-13-2-3-14-33/h4-11,16-17,28H,2-3,12-15,18H2,1H3,(H,30,31). The highest BCUT2D eigenvalue weighted by Gasteiger charge is 2.11. The molecule has 2 aromatic heterocycles. The Labute approximate surface area is 208 Å². The number of benzene rings is 2. The second kappa shape index (κ2) is 10.5. The van der Waals surface area contributed by atoms with Gasteiger partial charge in [0.25, 0.3) is 0 Å². The van der Waals surface area contributed by atoms with Crippen LogP contribution in [0, 0.1) is 0 Å². The lowest BCUT2D eigenvalue weighted by molar-refractivity contribution is 0.335. The van der Waals surface area contributed by atoms with E-state index in [9.17, 15) is 0 Å². The fourth-order valence-corrected chi connectivity index (χ4v) is 4.49. The van der Waals surface area contributed by atoms with Crippen LogP contribution in [-0.4, -0.2) is 45.6 Å². The third-order valence-electron chi connectivity index (χ3n) is 6.09. The number of nitrogens with zero attached hydrogens (tertiary/aromatic N) is 4. The topological polar surface area (TPSA) is 67.2 Å². The predicted octanol–water partition coefficient (Wildman–Crippen LogP) is 5.45. The first-order chi connectivity index (χ1) is 16.6. The second-order valence-corrected chi connectivity index (χ2v) is 9.50. The molecule has 0 atom stereocenters. The number of hydrogen-bond donors (Lipinski definition) is 2. The van der Waals surface area contributed by atoms with Gasteiger partial charge in [-0.25, -0.2) is 4.98 Å². The van der Waals surface area contributed by atoms with Crippen LogP contribution in [0.2, 0.25) is 0 Å². The summed E-state index contributed by atoms with van der Waals surface area (Å²) in [6, 6.07) is 17.9. The molecule has 0 bridgehead atoms. The van der Waals surface area contributed by atoms with Crippen molar-refractivity contribution >= 4 is 38.6 Å². The number of likely N-dealkylation sites (tertiary alicyclic amines) is 1. The number of aryl methyl sites for hydroxylation is 1. The van der Waals surface area contributed by atoms with Crippen LogP contribution in [0.4, 0.5) is 11.6 Å². The fourth-order valence-electron chi connectivity index (χ4n) is 4.23. The normalized spacial score (nSPS) is 14.1. The summed E-state index contributed by atoms with van der Waals surface area (Å²) in [5.74, 6) is 2.30. The molecule has 34 heavy (non-hydrogen) atoms. The average molecular weight is 521 g/mol. The first-order valence-corrected chi connectivity index (χ1v) is 12.5. The summed E-state index contributed by atoms with van der Waals surface area (Å²) in [5.41, 5.74) is 3.86. The Balaban J connectivity index is 1.23. The van der Waals surface area contributed by atoms with E-state index < -0.39 is 0 Å². The fraction of sp³-hybridized carbons (Fsp3) is 0.308. The molecule has 1 aliphatic heterocycles. The molecule has 5 rings (SSSR count). The van der Waals surface area contributed by atoms with E-state index in [0.29, 0.717) is 0 Å². The zero-order valence-electron chi connectivity index (χ0n) is 19.3. The number of hydrogen-bond acceptors (Lipinski definition) is 6. The molecule has 1 fully saturated rings. The maximum atomic E-state index is 6.14. The van der Waals surface area contributed by atoms with Crippen LogP contribution in [0.25, 0.3) is 11.0 Å². The lowest BCUT2D eigenvalue weighted by Crippen LogP contribution is -2.29. The van der Waals surface area contributed by atoms with Gasteiger partial charge in [-0.15, -0.1) is 0 Å². The van der Waals surface area contributed by atoms with Crippen molar-refractivity contribution in [2.24, 2.45) is 7.05 Å². The molecule has 2 aromatic carbocycles. The SMILES string of the molecule is Cn1c(Nc2ccc(Br)cc2)nc2cc(Oc3ccnc(CNCCN4CCCC4)c3)ccc21. The van der Waals surface area contributed by atoms with Gasteiger partial charge in [0, 0.05) is 55.2 Å². The number of halogens is 1. The molecule has 0 spiro atoms. The number of anilines is 2. The summed E-state index contributed by atoms with van der Waals surface area (Å²) < 4.78 is 9.23. The van der Waals surface area contributed by atoms with E-state index in [1.165, 1.54) is 25.9 Å². The minimum absolute atomic E-state index is 0.732. The summed E-state index contributed by atoms with van der Waals surface area (Å²) in [6.07, 6.45) is 4.45. The van der Waals surface area contributed by atoms with E-state index in [1.807, 2.05) is 66.2 Å². The molecule has 0 saturated carbocycles. The monoisotopic (exact) mass is 520 g/mol. The molecule has 1 aliphatic rings. The van der Waals surface area contributed by atoms with Crippen molar-refractivity contribution < 1.29 is 4.74 Å². The van der Waals surface area contributed by atoms with Crippen molar-refractivity contribution in [2.75, 3.05) is 31.5 Å². The average Bonchev–Trinajstić information content (AvgIpc) is 3.47. The van der Waals surface area contributed by atoms with Crippen LogP contribution in [0.1, 0.15) is 18.5 Å². The Morgan fingerprint density at radius 3 is 2.62 bits per heavy atom. The summed E-state index contributed by atoms with van der Waals surface area (Å²) in [6.45, 7) is 5.26. The van der Waals surface area contributed by atoms with Crippen molar-refractivity contribution in [1.82, 2.24) is 24.8 Å². The lowest BCUT2D eigenvalue weighted by Gasteiger charge is -2.14. The number of imidazole rings is 1. The summed E-state index contributed by atoms with van der Waals surface area (Å²) in [4.78, 5) is 11.8. The van der Waals surface area contributed by atoms with Gasteiger partial charge in [-0.3, -0.25) is 4.98 Å². The highest BCUT2D eigenvalue weighted by atomic mass is 79.9. The van der Waals surface area contributed by atoms with E-state index in [0.717, 1.165) is 64.0 Å². The van der Waals surface area contributed by atoms with Crippen LogP contribution >= 0.6 is 15.9 Å². The van der Waals surface area contributed by atoms with Crippen molar-refractivity contribution in [1.29, 1.82) is 0 Å². The van der Waals surface area contributed by atoms with E-state index in [2.05, 4.69) is 36.4 Å². The maximum absolute atomic E-state index is 6.14. The van der Waals surface area contributed by atoms with Crippen LogP contribution < -0.4 is 15.4 Å². The van der Waals surface area contributed by atoms with Gasteiger partial charge in [0.15, 0.2) is 0 Å². The molecular formula is C26H29BrN6O. The molecule has 4 aromatic rings. The zero-order chi connectivity index (χ0) is 23.3. The summed E-state index contributed by atoms with van der Waals surface area (Å²) in [7, 11) is 2.00. The molecule has 3 heterocycles. The van der Waals surface area contributed by atoms with Gasteiger partial charge in [0.05, 0.1) is 16.7 Å². The van der Waals surface area contributed by atoms with E-state index in [4.69, 9.17) is 9.72 Å². The van der Waals surface area contributed by atoms with Crippen LogP contribution in [0.3, 0.4) is 0 Å². The number of pyridine rings is 1. The third-order valence-corrected chi connectivity index (χ3v) is 6.61. The minimum Gasteiger partial charge on any atom is -0.457 e. The van der Waals surface area contributed by atoms with Crippen molar-refractivity contribution in [3.8, 4) is 11.5 Å². The Bertz CT molecular complexity index is 1250. The molecular weight excluding hydrogens is 492 g/mol.